The Bertz CT molecular complexity index is 1030. The van der Waals surface area contributed by atoms with Crippen LogP contribution < -0.4 is 10.9 Å². The highest BCUT2D eigenvalue weighted by atomic mass is 16.2. The van der Waals surface area contributed by atoms with Crippen molar-refractivity contribution in [3.05, 3.63) is 39.9 Å². The number of hydrogen-bond acceptors (Lipinski definition) is 5. The van der Waals surface area contributed by atoms with E-state index < -0.39 is 6.04 Å². The minimum atomic E-state index is -0.659. The van der Waals surface area contributed by atoms with Crippen molar-refractivity contribution in [3.63, 3.8) is 0 Å². The van der Waals surface area contributed by atoms with E-state index in [4.69, 9.17) is 0 Å². The lowest BCUT2D eigenvalue weighted by Gasteiger charge is -2.24. The van der Waals surface area contributed by atoms with E-state index >= 15 is 0 Å². The Morgan fingerprint density at radius 3 is 2.73 bits per heavy atom. The number of hydrogen-bond donors (Lipinski definition) is 1. The molecule has 7 nitrogen and oxygen atoms in total. The summed E-state index contributed by atoms with van der Waals surface area (Å²) in [5.41, 5.74) is 0.931. The minimum absolute atomic E-state index is 0.0375. The molecule has 1 aliphatic carbocycles. The number of Topliss-reactive ketones (excluding diaryl/α,β-unsaturated/α-hetero) is 2. The predicted octanol–water partition coefficient (Wildman–Crippen LogP) is 3.15. The van der Waals surface area contributed by atoms with Crippen molar-refractivity contribution < 1.29 is 14.4 Å². The zero-order valence-electron chi connectivity index (χ0n) is 17.7. The number of ketones is 2. The van der Waals surface area contributed by atoms with Crippen molar-refractivity contribution in [2.24, 2.45) is 0 Å². The fourth-order valence-electron chi connectivity index (χ4n) is 4.06. The number of carbonyl (C=O) groups excluding carboxylic acids is 3. The quantitative estimate of drug-likeness (QED) is 0.531. The van der Waals surface area contributed by atoms with Gasteiger partial charge in [0.1, 0.15) is 11.6 Å². The number of nitrogens with zero attached hydrogens (tertiary/aromatic N) is 2. The minimum Gasteiger partial charge on any atom is -0.352 e. The van der Waals surface area contributed by atoms with Crippen LogP contribution in [0, 0.1) is 6.92 Å². The largest absolute Gasteiger partial charge is 0.352 e. The van der Waals surface area contributed by atoms with Crippen LogP contribution in [0.5, 0.6) is 0 Å². The van der Waals surface area contributed by atoms with Gasteiger partial charge in [0.2, 0.25) is 5.91 Å². The lowest BCUT2D eigenvalue weighted by molar-refractivity contribution is -0.132. The fourth-order valence-corrected chi connectivity index (χ4v) is 4.06. The van der Waals surface area contributed by atoms with Gasteiger partial charge in [-0.1, -0.05) is 38.3 Å². The summed E-state index contributed by atoms with van der Waals surface area (Å²) in [7, 11) is 0. The van der Waals surface area contributed by atoms with E-state index in [1.54, 1.807) is 19.1 Å². The second kappa shape index (κ2) is 9.78. The highest BCUT2D eigenvalue weighted by Gasteiger charge is 2.30. The van der Waals surface area contributed by atoms with Crippen LogP contribution >= 0.6 is 0 Å². The topological polar surface area (TPSA) is 98.1 Å². The zero-order valence-corrected chi connectivity index (χ0v) is 17.7. The van der Waals surface area contributed by atoms with Crippen LogP contribution in [0.2, 0.25) is 0 Å². The van der Waals surface area contributed by atoms with Gasteiger partial charge in [-0.2, -0.15) is 0 Å². The van der Waals surface area contributed by atoms with Crippen LogP contribution in [0.3, 0.4) is 0 Å². The molecule has 1 unspecified atom stereocenters. The molecule has 7 heteroatoms. The maximum absolute atomic E-state index is 13.4. The molecule has 1 saturated carbocycles. The molecule has 1 fully saturated rings. The Morgan fingerprint density at radius 2 is 2.00 bits per heavy atom. The molecule has 0 radical (unpaired) electrons. The molecule has 30 heavy (non-hydrogen) atoms. The summed E-state index contributed by atoms with van der Waals surface area (Å²) in [5.74, 6) is 0.0929. The van der Waals surface area contributed by atoms with Gasteiger partial charge in [-0.25, -0.2) is 4.98 Å². The van der Waals surface area contributed by atoms with E-state index in [1.165, 1.54) is 4.57 Å². The number of fused-ring (bicyclic) bond motifs is 1. The van der Waals surface area contributed by atoms with E-state index in [1.807, 2.05) is 6.07 Å². The summed E-state index contributed by atoms with van der Waals surface area (Å²) in [4.78, 5) is 54.1. The number of rotatable bonds is 8. The number of aryl methyl sites for hydroxylation is 1. The molecule has 1 N–H and O–H groups in total. The standard InChI is InChI=1S/C23H29N3O4/c1-3-4-5-6-10-21(29)24-14-16-8-7-9-18-22(16)23(30)26(15(2)25-18)19-12-11-17(27)13-20(19)28/h7-9,19H,3-6,10-14H2,1-2H3,(H,24,29). The summed E-state index contributed by atoms with van der Waals surface area (Å²) in [6.45, 7) is 4.07. The maximum Gasteiger partial charge on any atom is 0.262 e. The molecule has 0 spiro atoms. The SMILES string of the molecule is CCCCCCC(=O)NCc1cccc2nc(C)n(C3CCC(=O)CC3=O)c(=O)c12. The van der Waals surface area contributed by atoms with Crippen LogP contribution in [-0.2, 0) is 20.9 Å². The third kappa shape index (κ3) is 4.83. The normalized spacial score (nSPS) is 16.8. The summed E-state index contributed by atoms with van der Waals surface area (Å²) >= 11 is 0. The molecule has 160 valence electrons. The van der Waals surface area contributed by atoms with Gasteiger partial charge in [-0.15, -0.1) is 0 Å². The van der Waals surface area contributed by atoms with Gasteiger partial charge in [0.15, 0.2) is 5.78 Å². The molecule has 0 aliphatic heterocycles. The van der Waals surface area contributed by atoms with Crippen LogP contribution in [0.1, 0.15) is 75.7 Å². The molecule has 0 saturated heterocycles. The number of unbranched alkanes of at least 4 members (excludes halogenated alkanes) is 3. The van der Waals surface area contributed by atoms with E-state index in [-0.39, 0.29) is 42.4 Å². The molecule has 0 bridgehead atoms. The van der Waals surface area contributed by atoms with Gasteiger partial charge in [-0.3, -0.25) is 23.7 Å². The van der Waals surface area contributed by atoms with E-state index in [2.05, 4.69) is 17.2 Å². The van der Waals surface area contributed by atoms with Gasteiger partial charge in [0.05, 0.1) is 23.4 Å². The lowest BCUT2D eigenvalue weighted by Crippen LogP contribution is -2.36. The van der Waals surface area contributed by atoms with Gasteiger partial charge in [0.25, 0.3) is 5.56 Å². The third-order valence-corrected chi connectivity index (χ3v) is 5.68. The average molecular weight is 412 g/mol. The molecule has 1 aromatic carbocycles. The van der Waals surface area contributed by atoms with E-state index in [0.717, 1.165) is 25.7 Å². The maximum atomic E-state index is 13.4. The number of carbonyl (C=O) groups is 3. The molecular formula is C23H29N3O4. The number of nitrogens with one attached hydrogen (secondary N) is 1. The van der Waals surface area contributed by atoms with Gasteiger partial charge < -0.3 is 5.32 Å². The second-order valence-electron chi connectivity index (χ2n) is 7.97. The monoisotopic (exact) mass is 411 g/mol. The highest BCUT2D eigenvalue weighted by Crippen LogP contribution is 2.24. The molecule has 3 rings (SSSR count). The molecule has 1 heterocycles. The van der Waals surface area contributed by atoms with Crippen LogP contribution in [0.4, 0.5) is 0 Å². The Morgan fingerprint density at radius 1 is 1.20 bits per heavy atom. The Kier molecular flexibility index (Phi) is 7.13. The molecule has 1 aliphatic rings. The van der Waals surface area contributed by atoms with Gasteiger partial charge >= 0.3 is 0 Å². The predicted molar refractivity (Wildman–Crippen MR) is 114 cm³/mol. The Labute approximate surface area is 175 Å². The summed E-state index contributed by atoms with van der Waals surface area (Å²) in [5, 5.41) is 3.31. The third-order valence-electron chi connectivity index (χ3n) is 5.68. The van der Waals surface area contributed by atoms with Crippen LogP contribution in [-0.4, -0.2) is 27.0 Å². The highest BCUT2D eigenvalue weighted by molar-refractivity contribution is 6.03. The molecule has 1 aromatic heterocycles. The number of benzene rings is 1. The first kappa shape index (κ1) is 21.9. The summed E-state index contributed by atoms with van der Waals surface area (Å²) < 4.78 is 1.42. The molecule has 2 aromatic rings. The number of amides is 1. The number of aromatic nitrogens is 2. The van der Waals surface area contributed by atoms with Crippen molar-refractivity contribution in [2.75, 3.05) is 0 Å². The first-order valence-corrected chi connectivity index (χ1v) is 10.7. The Balaban J connectivity index is 1.86. The summed E-state index contributed by atoms with van der Waals surface area (Å²) in [6.07, 6.45) is 5.06. The second-order valence-corrected chi connectivity index (χ2v) is 7.97. The van der Waals surface area contributed by atoms with Crippen molar-refractivity contribution in [1.29, 1.82) is 0 Å². The van der Waals surface area contributed by atoms with Gasteiger partial charge in [-0.05, 0) is 31.4 Å². The Hall–Kier alpha value is -2.83. The molecule has 1 amide bonds. The van der Waals surface area contributed by atoms with Crippen LogP contribution in [0.25, 0.3) is 10.9 Å². The van der Waals surface area contributed by atoms with Gasteiger partial charge in [0, 0.05) is 19.4 Å². The molecule has 1 atom stereocenters. The fraction of sp³-hybridized carbons (Fsp3) is 0.522. The average Bonchev–Trinajstić information content (AvgIpc) is 2.71. The van der Waals surface area contributed by atoms with E-state index in [9.17, 15) is 19.2 Å². The first-order valence-electron chi connectivity index (χ1n) is 10.7. The first-order chi connectivity index (χ1) is 14.4. The van der Waals surface area contributed by atoms with Crippen molar-refractivity contribution in [1.82, 2.24) is 14.9 Å². The van der Waals surface area contributed by atoms with Crippen molar-refractivity contribution >= 4 is 28.4 Å². The zero-order chi connectivity index (χ0) is 21.7. The smallest absolute Gasteiger partial charge is 0.262 e. The lowest BCUT2D eigenvalue weighted by atomic mass is 9.92. The molecular weight excluding hydrogens is 382 g/mol. The van der Waals surface area contributed by atoms with E-state index in [0.29, 0.717) is 35.1 Å². The van der Waals surface area contributed by atoms with Crippen LogP contribution in [0.15, 0.2) is 23.0 Å². The summed E-state index contributed by atoms with van der Waals surface area (Å²) in [6, 6.07) is 4.71. The van der Waals surface area contributed by atoms with Crippen molar-refractivity contribution in [2.45, 2.75) is 77.8 Å². The van der Waals surface area contributed by atoms with Crippen molar-refractivity contribution in [3.8, 4) is 0 Å².